The molecule has 2 aliphatic rings. The molecule has 6 nitrogen and oxygen atoms in total. The van der Waals surface area contributed by atoms with Crippen molar-refractivity contribution in [1.82, 2.24) is 0 Å². The second kappa shape index (κ2) is 16.8. The molecular weight excluding hydrogens is 734 g/mol. The van der Waals surface area contributed by atoms with Crippen molar-refractivity contribution >= 4 is 33.2 Å². The van der Waals surface area contributed by atoms with Crippen molar-refractivity contribution in [2.24, 2.45) is 0 Å². The van der Waals surface area contributed by atoms with Crippen molar-refractivity contribution in [2.75, 3.05) is 26.2 Å². The van der Waals surface area contributed by atoms with Gasteiger partial charge in [-0.05, 0) is 0 Å². The van der Waals surface area contributed by atoms with Crippen LogP contribution >= 0.6 is 6.83 Å². The Balaban J connectivity index is 2.02. The van der Waals surface area contributed by atoms with Gasteiger partial charge in [0.15, 0.2) is 0 Å². The van der Waals surface area contributed by atoms with E-state index in [0.717, 1.165) is 97.1 Å². The second-order valence-electron chi connectivity index (χ2n) is 17.4. The van der Waals surface area contributed by atoms with Crippen LogP contribution in [0.15, 0.2) is 72.8 Å². The molecule has 2 N–H and O–H groups in total. The van der Waals surface area contributed by atoms with Crippen molar-refractivity contribution in [2.45, 2.75) is 135 Å². The van der Waals surface area contributed by atoms with Gasteiger partial charge in [-0.2, -0.15) is 0 Å². The van der Waals surface area contributed by atoms with Gasteiger partial charge in [-0.1, -0.05) is 0 Å². The fraction of sp³-hybridized carbons (Fsp3) is 0.500. The summed E-state index contributed by atoms with van der Waals surface area (Å²) in [4.78, 5) is 0. The maximum absolute atomic E-state index is 14.8. The van der Waals surface area contributed by atoms with Gasteiger partial charge in [-0.15, -0.1) is 0 Å². The van der Waals surface area contributed by atoms with Gasteiger partial charge in [0.2, 0.25) is 0 Å². The zero-order valence-corrected chi connectivity index (χ0v) is 37.1. The van der Waals surface area contributed by atoms with Gasteiger partial charge in [0.25, 0.3) is 0 Å². The number of methoxy groups -OCH3 is 2. The molecule has 0 heterocycles. The molecular formula is C48H66NO5PS. The van der Waals surface area contributed by atoms with Crippen LogP contribution in [0.1, 0.15) is 140 Å². The molecule has 0 saturated heterocycles. The van der Waals surface area contributed by atoms with Gasteiger partial charge < -0.3 is 0 Å². The van der Waals surface area contributed by atoms with Crippen molar-refractivity contribution in [1.29, 1.82) is 0 Å². The molecule has 2 fully saturated rings. The van der Waals surface area contributed by atoms with Crippen LogP contribution in [0.4, 0.5) is 5.69 Å². The average molecular weight is 800 g/mol. The Morgan fingerprint density at radius 1 is 0.625 bits per heavy atom. The summed E-state index contributed by atoms with van der Waals surface area (Å²) in [6.45, 7) is 8.98. The van der Waals surface area contributed by atoms with E-state index in [2.05, 4.69) is 84.0 Å². The Hall–Kier alpha value is -3.38. The van der Waals surface area contributed by atoms with E-state index in [4.69, 9.17) is 19.2 Å². The Morgan fingerprint density at radius 3 is 1.57 bits per heavy atom. The molecule has 4 aromatic rings. The first-order valence-corrected chi connectivity index (χ1v) is 25.1. The molecule has 304 valence electrons. The maximum atomic E-state index is 14.8. The van der Waals surface area contributed by atoms with Crippen molar-refractivity contribution in [3.05, 3.63) is 89.5 Å². The molecule has 0 aromatic heterocycles. The third-order valence-corrected chi connectivity index (χ3v) is 22.0. The summed E-state index contributed by atoms with van der Waals surface area (Å²) >= 11 is 0. The van der Waals surface area contributed by atoms with E-state index >= 15 is 0 Å². The third kappa shape index (κ3) is 7.30. The number of ether oxygens (including phenoxy) is 2. The van der Waals surface area contributed by atoms with Crippen LogP contribution in [0, 0.1) is 0 Å². The zero-order valence-electron chi connectivity index (χ0n) is 35.4. The molecule has 0 radical (unpaired) electrons. The van der Waals surface area contributed by atoms with Crippen LogP contribution in [0.25, 0.3) is 22.3 Å². The SMILES string of the molecule is COc1ccc(OC)c(P(OS(C)(=O)=O)(c2ccccc2-c2ccccc2N)(C2CCCCC2)C2CCCCC2)c1-c1c(C(C)C)cc(C(C)C)cc1C(C)C. The predicted octanol–water partition coefficient (Wildman–Crippen LogP) is 12.1. The first-order chi connectivity index (χ1) is 26.7. The normalized spacial score (nSPS) is 17.0. The first kappa shape index (κ1) is 42.2. The minimum absolute atomic E-state index is 0.0987. The molecule has 0 unspecified atom stereocenters. The molecule has 4 aromatic carbocycles. The zero-order chi connectivity index (χ0) is 40.4. The van der Waals surface area contributed by atoms with Crippen LogP contribution < -0.4 is 25.8 Å². The standard InChI is InChI=1S/C48H66NO5PS/c1-32(2)35-30-40(33(3)4)46(41(31-35)34(5)6)47-43(52-7)28-29-44(53-8)48(47)55(54-56(9,50)51,36-20-12-10-13-21-36,37-22-14-11-15-23-37)45-27-19-17-25-39(45)38-24-16-18-26-42(38)49/h16-19,24-34,36-37H,10-15,20-23,49H2,1-9H3. The molecule has 2 saturated carbocycles. The monoisotopic (exact) mass is 799 g/mol. The van der Waals surface area contributed by atoms with Crippen molar-refractivity contribution < 1.29 is 21.9 Å². The van der Waals surface area contributed by atoms with Crippen LogP contribution in [0.3, 0.4) is 0 Å². The van der Waals surface area contributed by atoms with E-state index in [9.17, 15) is 8.42 Å². The minimum atomic E-state index is -4.59. The first-order valence-electron chi connectivity index (χ1n) is 21.0. The fourth-order valence-electron chi connectivity index (χ4n) is 10.5. The third-order valence-electron chi connectivity index (χ3n) is 12.9. The summed E-state index contributed by atoms with van der Waals surface area (Å²) < 4.78 is 50.4. The molecule has 0 atom stereocenters. The van der Waals surface area contributed by atoms with Crippen molar-refractivity contribution in [3.63, 3.8) is 0 Å². The van der Waals surface area contributed by atoms with E-state index in [0.29, 0.717) is 23.1 Å². The molecule has 8 heteroatoms. The molecule has 2 aliphatic carbocycles. The van der Waals surface area contributed by atoms with E-state index < -0.39 is 16.9 Å². The van der Waals surface area contributed by atoms with E-state index in [1.54, 1.807) is 14.2 Å². The predicted molar refractivity (Wildman–Crippen MR) is 239 cm³/mol. The summed E-state index contributed by atoms with van der Waals surface area (Å²) in [5.74, 6) is 2.01. The van der Waals surface area contributed by atoms with Crippen LogP contribution in [0.5, 0.6) is 11.5 Å². The average Bonchev–Trinajstić information content (AvgIpc) is 3.19. The summed E-state index contributed by atoms with van der Waals surface area (Å²) in [7, 11) is -0.650. The summed E-state index contributed by atoms with van der Waals surface area (Å²) in [5, 5.41) is 1.86. The van der Waals surface area contributed by atoms with Gasteiger partial charge >= 0.3 is 339 Å². The van der Waals surface area contributed by atoms with E-state index in [1.165, 1.54) is 22.9 Å². The van der Waals surface area contributed by atoms with Crippen LogP contribution in [-0.2, 0) is 14.1 Å². The van der Waals surface area contributed by atoms with Gasteiger partial charge in [-0.3, -0.25) is 0 Å². The van der Waals surface area contributed by atoms with Gasteiger partial charge in [0.1, 0.15) is 0 Å². The Labute approximate surface area is 338 Å². The number of nitrogens with two attached hydrogens (primary N) is 1. The molecule has 56 heavy (non-hydrogen) atoms. The number of anilines is 1. The quantitative estimate of drug-likeness (QED) is 0.107. The topological polar surface area (TPSA) is 87.9 Å². The van der Waals surface area contributed by atoms with Gasteiger partial charge in [0.05, 0.1) is 0 Å². The number of hydrogen-bond donors (Lipinski definition) is 1. The second-order valence-corrected chi connectivity index (χ2v) is 24.1. The summed E-state index contributed by atoms with van der Waals surface area (Å²) in [5.41, 5.74) is 14.9. The van der Waals surface area contributed by atoms with Crippen molar-refractivity contribution in [3.8, 4) is 33.8 Å². The number of hydrogen-bond acceptors (Lipinski definition) is 6. The number of rotatable bonds is 13. The summed E-state index contributed by atoms with van der Waals surface area (Å²) in [6.07, 6.45) is 10.9. The molecule has 0 spiro atoms. The van der Waals surface area contributed by atoms with Crippen LogP contribution in [-0.4, -0.2) is 40.2 Å². The number of nitrogen functional groups attached to an aromatic ring is 1. The van der Waals surface area contributed by atoms with Gasteiger partial charge in [-0.25, -0.2) is 0 Å². The Bertz CT molecular complexity index is 2080. The molecule has 0 bridgehead atoms. The van der Waals surface area contributed by atoms with E-state index in [-0.39, 0.29) is 23.2 Å². The fourth-order valence-corrected chi connectivity index (χ4v) is 22.0. The Kier molecular flexibility index (Phi) is 12.7. The number of para-hydroxylation sites is 1. The van der Waals surface area contributed by atoms with E-state index in [1.807, 2.05) is 30.3 Å². The Morgan fingerprint density at radius 2 is 1.11 bits per heavy atom. The van der Waals surface area contributed by atoms with Crippen LogP contribution in [0.2, 0.25) is 0 Å². The number of benzene rings is 4. The summed E-state index contributed by atoms with van der Waals surface area (Å²) in [6, 6.07) is 25.3. The molecule has 0 aliphatic heterocycles. The van der Waals surface area contributed by atoms with Gasteiger partial charge in [0, 0.05) is 0 Å². The molecule has 6 rings (SSSR count). The molecule has 0 amide bonds.